The first-order valence-electron chi connectivity index (χ1n) is 6.23. The first-order chi connectivity index (χ1) is 9.02. The maximum Gasteiger partial charge on any atom is 0.131 e. The lowest BCUT2D eigenvalue weighted by Gasteiger charge is -2.11. The van der Waals surface area contributed by atoms with Gasteiger partial charge in [-0.3, -0.25) is 0 Å². The molecule has 0 atom stereocenters. The summed E-state index contributed by atoms with van der Waals surface area (Å²) in [5, 5.41) is 3.05. The monoisotopic (exact) mass is 261 g/mol. The summed E-state index contributed by atoms with van der Waals surface area (Å²) in [7, 11) is 1.85. The van der Waals surface area contributed by atoms with Crippen molar-refractivity contribution in [1.29, 1.82) is 0 Å². The molecule has 0 saturated carbocycles. The van der Waals surface area contributed by atoms with E-state index in [0.29, 0.717) is 17.7 Å². The van der Waals surface area contributed by atoms with Gasteiger partial charge >= 0.3 is 0 Å². The summed E-state index contributed by atoms with van der Waals surface area (Å²) in [6, 6.07) is 8.33. The van der Waals surface area contributed by atoms with Crippen LogP contribution in [0.4, 0.5) is 8.78 Å². The predicted molar refractivity (Wildman–Crippen MR) is 74.0 cm³/mol. The Kier molecular flexibility index (Phi) is 3.96. The largest absolute Gasteiger partial charge is 0.316 e. The van der Waals surface area contributed by atoms with Crippen LogP contribution in [0.15, 0.2) is 30.3 Å². The summed E-state index contributed by atoms with van der Waals surface area (Å²) in [4.78, 5) is 0. The highest BCUT2D eigenvalue weighted by atomic mass is 19.1. The molecule has 2 aromatic rings. The van der Waals surface area contributed by atoms with E-state index in [2.05, 4.69) is 5.32 Å². The zero-order valence-electron chi connectivity index (χ0n) is 11.3. The van der Waals surface area contributed by atoms with Crippen molar-refractivity contribution < 1.29 is 8.78 Å². The van der Waals surface area contributed by atoms with Gasteiger partial charge in [0, 0.05) is 12.1 Å². The summed E-state index contributed by atoms with van der Waals surface area (Å²) in [6.45, 7) is 4.16. The zero-order valence-corrected chi connectivity index (χ0v) is 11.3. The number of nitrogens with one attached hydrogen (secondary N) is 1. The Morgan fingerprint density at radius 2 is 1.63 bits per heavy atom. The number of aryl methyl sites for hydroxylation is 2. The molecule has 2 rings (SSSR count). The van der Waals surface area contributed by atoms with Crippen molar-refractivity contribution in [1.82, 2.24) is 5.32 Å². The van der Waals surface area contributed by atoms with E-state index in [4.69, 9.17) is 0 Å². The maximum absolute atomic E-state index is 14.0. The van der Waals surface area contributed by atoms with Crippen LogP contribution in [0, 0.1) is 25.5 Å². The van der Waals surface area contributed by atoms with Crippen LogP contribution in [0.2, 0.25) is 0 Å². The van der Waals surface area contributed by atoms with Crippen molar-refractivity contribution in [2.45, 2.75) is 20.4 Å². The molecule has 19 heavy (non-hydrogen) atoms. The molecule has 0 aromatic heterocycles. The van der Waals surface area contributed by atoms with Gasteiger partial charge < -0.3 is 5.32 Å². The fraction of sp³-hybridized carbons (Fsp3) is 0.250. The van der Waals surface area contributed by atoms with Crippen LogP contribution in [0.1, 0.15) is 16.7 Å². The lowest BCUT2D eigenvalue weighted by molar-refractivity contribution is 0.595. The molecule has 0 heterocycles. The summed E-state index contributed by atoms with van der Waals surface area (Å²) in [5.74, 6) is -0.765. The minimum atomic E-state index is -0.386. The molecule has 0 bridgehead atoms. The van der Waals surface area contributed by atoms with Crippen molar-refractivity contribution in [2.75, 3.05) is 7.05 Å². The minimum absolute atomic E-state index is 0.318. The van der Waals surface area contributed by atoms with Crippen molar-refractivity contribution >= 4 is 0 Å². The van der Waals surface area contributed by atoms with Crippen LogP contribution >= 0.6 is 0 Å². The normalized spacial score (nSPS) is 10.8. The van der Waals surface area contributed by atoms with Gasteiger partial charge in [0.25, 0.3) is 0 Å². The van der Waals surface area contributed by atoms with Crippen LogP contribution in [0.25, 0.3) is 11.1 Å². The Morgan fingerprint density at radius 3 is 2.32 bits per heavy atom. The average molecular weight is 261 g/mol. The standard InChI is InChI=1S/C16H17F2N/c1-10-4-5-12(9-19-3)7-13(10)14-8-15(17)11(2)6-16(14)18/h4-8,19H,9H2,1-3H3. The molecule has 1 nitrogen and oxygen atoms in total. The lowest BCUT2D eigenvalue weighted by atomic mass is 9.96. The van der Waals surface area contributed by atoms with Gasteiger partial charge in [0.1, 0.15) is 11.6 Å². The van der Waals surface area contributed by atoms with Crippen LogP contribution < -0.4 is 5.32 Å². The van der Waals surface area contributed by atoms with E-state index in [1.54, 1.807) is 6.92 Å². The quantitative estimate of drug-likeness (QED) is 0.881. The highest BCUT2D eigenvalue weighted by molar-refractivity contribution is 5.69. The van der Waals surface area contributed by atoms with Crippen LogP contribution in [0.3, 0.4) is 0 Å². The highest BCUT2D eigenvalue weighted by Gasteiger charge is 2.12. The van der Waals surface area contributed by atoms with Crippen molar-refractivity contribution in [2.24, 2.45) is 0 Å². The first-order valence-corrected chi connectivity index (χ1v) is 6.23. The van der Waals surface area contributed by atoms with Gasteiger partial charge in [-0.1, -0.05) is 12.1 Å². The fourth-order valence-electron chi connectivity index (χ4n) is 2.13. The average Bonchev–Trinajstić information content (AvgIpc) is 2.37. The van der Waals surface area contributed by atoms with Gasteiger partial charge in [0.05, 0.1) is 0 Å². The fourth-order valence-corrected chi connectivity index (χ4v) is 2.13. The lowest BCUT2D eigenvalue weighted by Crippen LogP contribution is -2.05. The second kappa shape index (κ2) is 5.49. The molecule has 0 saturated heterocycles. The Balaban J connectivity index is 2.57. The molecule has 0 aliphatic heterocycles. The van der Waals surface area contributed by atoms with Gasteiger partial charge in [0.15, 0.2) is 0 Å². The Hall–Kier alpha value is -1.74. The summed E-state index contributed by atoms with van der Waals surface area (Å²) < 4.78 is 27.7. The van der Waals surface area contributed by atoms with Gasteiger partial charge in [-0.15, -0.1) is 0 Å². The topological polar surface area (TPSA) is 12.0 Å². The van der Waals surface area contributed by atoms with E-state index in [-0.39, 0.29) is 11.6 Å². The van der Waals surface area contributed by atoms with E-state index >= 15 is 0 Å². The second-order valence-electron chi connectivity index (χ2n) is 4.76. The van der Waals surface area contributed by atoms with Crippen molar-refractivity contribution in [3.8, 4) is 11.1 Å². The molecule has 0 radical (unpaired) electrons. The third-order valence-electron chi connectivity index (χ3n) is 3.22. The molecule has 3 heteroatoms. The zero-order chi connectivity index (χ0) is 14.0. The summed E-state index contributed by atoms with van der Waals surface area (Å²) in [5.41, 5.74) is 3.36. The number of rotatable bonds is 3. The molecule has 2 aromatic carbocycles. The van der Waals surface area contributed by atoms with Crippen LogP contribution in [-0.4, -0.2) is 7.05 Å². The second-order valence-corrected chi connectivity index (χ2v) is 4.76. The van der Waals surface area contributed by atoms with Crippen molar-refractivity contribution in [3.63, 3.8) is 0 Å². The smallest absolute Gasteiger partial charge is 0.131 e. The van der Waals surface area contributed by atoms with E-state index < -0.39 is 0 Å². The molecular weight excluding hydrogens is 244 g/mol. The highest BCUT2D eigenvalue weighted by Crippen LogP contribution is 2.29. The van der Waals surface area contributed by atoms with E-state index in [1.165, 1.54) is 12.1 Å². The summed E-state index contributed by atoms with van der Waals surface area (Å²) >= 11 is 0. The molecule has 0 amide bonds. The number of hydrogen-bond acceptors (Lipinski definition) is 1. The van der Waals surface area contributed by atoms with Crippen LogP contribution in [-0.2, 0) is 6.54 Å². The molecule has 0 unspecified atom stereocenters. The third-order valence-corrected chi connectivity index (χ3v) is 3.22. The first kappa shape index (κ1) is 13.7. The van der Waals surface area contributed by atoms with E-state index in [0.717, 1.165) is 16.7 Å². The Bertz CT molecular complexity index is 606. The minimum Gasteiger partial charge on any atom is -0.316 e. The molecular formula is C16H17F2N. The SMILES string of the molecule is CNCc1ccc(C)c(-c2cc(F)c(C)cc2F)c1. The third kappa shape index (κ3) is 2.82. The van der Waals surface area contributed by atoms with Crippen LogP contribution in [0.5, 0.6) is 0 Å². The summed E-state index contributed by atoms with van der Waals surface area (Å²) in [6.07, 6.45) is 0. The molecule has 0 aliphatic rings. The Morgan fingerprint density at radius 1 is 0.895 bits per heavy atom. The molecule has 0 fully saturated rings. The van der Waals surface area contributed by atoms with E-state index in [1.807, 2.05) is 32.2 Å². The molecule has 0 spiro atoms. The Labute approximate surface area is 112 Å². The number of hydrogen-bond donors (Lipinski definition) is 1. The molecule has 100 valence electrons. The number of halogens is 2. The predicted octanol–water partition coefficient (Wildman–Crippen LogP) is 3.97. The number of benzene rings is 2. The van der Waals surface area contributed by atoms with E-state index in [9.17, 15) is 8.78 Å². The maximum atomic E-state index is 14.0. The van der Waals surface area contributed by atoms with Gasteiger partial charge in [0.2, 0.25) is 0 Å². The van der Waals surface area contributed by atoms with Gasteiger partial charge in [-0.25, -0.2) is 8.78 Å². The molecule has 0 aliphatic carbocycles. The van der Waals surface area contributed by atoms with Gasteiger partial charge in [-0.05, 0) is 61.3 Å². The van der Waals surface area contributed by atoms with Gasteiger partial charge in [-0.2, -0.15) is 0 Å². The molecule has 1 N–H and O–H groups in total. The van der Waals surface area contributed by atoms with Crippen molar-refractivity contribution in [3.05, 3.63) is 58.7 Å².